The monoisotopic (exact) mass is 373 g/mol. The third-order valence-electron chi connectivity index (χ3n) is 3.95. The topological polar surface area (TPSA) is 75.1 Å². The zero-order valence-electron chi connectivity index (χ0n) is 14.0. The van der Waals surface area contributed by atoms with E-state index < -0.39 is 12.0 Å². The average Bonchev–Trinajstić information content (AvgIpc) is 2.95. The van der Waals surface area contributed by atoms with Gasteiger partial charge in [-0.2, -0.15) is 11.8 Å². The van der Waals surface area contributed by atoms with E-state index in [2.05, 4.69) is 22.2 Å². The van der Waals surface area contributed by atoms with Crippen molar-refractivity contribution in [3.8, 4) is 11.1 Å². The summed E-state index contributed by atoms with van der Waals surface area (Å²) in [5.41, 5.74) is 2.15. The Kier molecular flexibility index (Phi) is 5.55. The Hall–Kier alpha value is -2.12. The van der Waals surface area contributed by atoms with Gasteiger partial charge in [-0.25, -0.2) is 14.8 Å². The number of thioether (sulfide) groups is 1. The highest BCUT2D eigenvalue weighted by molar-refractivity contribution is 7.98. The van der Waals surface area contributed by atoms with Gasteiger partial charge in [-0.05, 0) is 30.9 Å². The molecule has 5 nitrogen and oxygen atoms in total. The normalized spacial score (nSPS) is 12.2. The number of rotatable bonds is 7. The average molecular weight is 374 g/mol. The first-order valence-electron chi connectivity index (χ1n) is 7.89. The maximum Gasteiger partial charge on any atom is 0.326 e. The lowest BCUT2D eigenvalue weighted by molar-refractivity contribution is -0.137. The van der Waals surface area contributed by atoms with E-state index in [0.29, 0.717) is 12.2 Å². The lowest BCUT2D eigenvalue weighted by Gasteiger charge is -2.15. The Morgan fingerprint density at radius 2 is 2.08 bits per heavy atom. The highest BCUT2D eigenvalue weighted by Gasteiger charge is 2.22. The van der Waals surface area contributed by atoms with Gasteiger partial charge in [0.25, 0.3) is 0 Å². The Morgan fingerprint density at radius 1 is 1.32 bits per heavy atom. The number of anilines is 1. The molecule has 0 fully saturated rings. The zero-order valence-corrected chi connectivity index (χ0v) is 15.7. The highest BCUT2D eigenvalue weighted by atomic mass is 32.2. The van der Waals surface area contributed by atoms with E-state index in [1.807, 2.05) is 36.6 Å². The van der Waals surface area contributed by atoms with E-state index in [1.165, 1.54) is 6.33 Å². The molecule has 3 rings (SSSR count). The number of nitrogens with one attached hydrogen (secondary N) is 1. The molecule has 0 aliphatic carbocycles. The lowest BCUT2D eigenvalue weighted by Crippen LogP contribution is -2.30. The predicted octanol–water partition coefficient (Wildman–Crippen LogP) is 4.28. The van der Waals surface area contributed by atoms with Crippen molar-refractivity contribution in [2.75, 3.05) is 17.3 Å². The van der Waals surface area contributed by atoms with Crippen molar-refractivity contribution in [3.63, 3.8) is 0 Å². The fraction of sp³-hybridized carbons (Fsp3) is 0.278. The number of aromatic nitrogens is 2. The Bertz CT molecular complexity index is 881. The number of aryl methyl sites for hydroxylation is 1. The van der Waals surface area contributed by atoms with E-state index in [9.17, 15) is 9.90 Å². The quantitative estimate of drug-likeness (QED) is 0.644. The van der Waals surface area contributed by atoms with Crippen molar-refractivity contribution in [1.29, 1.82) is 0 Å². The minimum Gasteiger partial charge on any atom is -0.480 e. The summed E-state index contributed by atoms with van der Waals surface area (Å²) < 4.78 is 0. The van der Waals surface area contributed by atoms with E-state index in [1.54, 1.807) is 23.1 Å². The van der Waals surface area contributed by atoms with E-state index in [0.717, 1.165) is 32.0 Å². The SMILES string of the molecule is CSCCC(Nc1ncnc2sc(C)c(-c3ccccc3)c12)C(=O)O. The fourth-order valence-electron chi connectivity index (χ4n) is 2.76. The molecule has 0 amide bonds. The Labute approximate surface area is 154 Å². The molecule has 3 aromatic rings. The molecule has 0 radical (unpaired) electrons. The standard InChI is InChI=1S/C18H19N3O2S2/c1-11-14(12-6-4-3-5-7-12)15-16(19-10-20-17(15)25-11)21-13(18(22)23)8-9-24-2/h3-7,10,13H,8-9H2,1-2H3,(H,22,23)(H,19,20,21). The van der Waals surface area contributed by atoms with Crippen molar-refractivity contribution in [1.82, 2.24) is 9.97 Å². The number of carbonyl (C=O) groups is 1. The van der Waals surface area contributed by atoms with Crippen LogP contribution in [0.15, 0.2) is 36.7 Å². The third kappa shape index (κ3) is 3.77. The number of carboxylic acid groups (broad SMARTS) is 1. The van der Waals surface area contributed by atoms with Gasteiger partial charge in [-0.1, -0.05) is 30.3 Å². The van der Waals surface area contributed by atoms with Crippen LogP contribution in [0.5, 0.6) is 0 Å². The fourth-order valence-corrected chi connectivity index (χ4v) is 4.25. The zero-order chi connectivity index (χ0) is 17.8. The molecule has 0 bridgehead atoms. The maximum atomic E-state index is 11.6. The van der Waals surface area contributed by atoms with Crippen molar-refractivity contribution in [2.24, 2.45) is 0 Å². The number of aliphatic carboxylic acids is 1. The van der Waals surface area contributed by atoms with Crippen LogP contribution in [-0.4, -0.2) is 39.1 Å². The van der Waals surface area contributed by atoms with Crippen LogP contribution in [0.2, 0.25) is 0 Å². The van der Waals surface area contributed by atoms with E-state index in [-0.39, 0.29) is 0 Å². The van der Waals surface area contributed by atoms with Crippen LogP contribution in [0.1, 0.15) is 11.3 Å². The largest absolute Gasteiger partial charge is 0.480 e. The predicted molar refractivity (Wildman–Crippen MR) is 106 cm³/mol. The van der Waals surface area contributed by atoms with Crippen LogP contribution in [0.3, 0.4) is 0 Å². The smallest absolute Gasteiger partial charge is 0.326 e. The van der Waals surface area contributed by atoms with Gasteiger partial charge in [0.15, 0.2) is 0 Å². The van der Waals surface area contributed by atoms with E-state index >= 15 is 0 Å². The number of thiophene rings is 1. The lowest BCUT2D eigenvalue weighted by atomic mass is 10.0. The second kappa shape index (κ2) is 7.84. The molecule has 7 heteroatoms. The van der Waals surface area contributed by atoms with Gasteiger partial charge < -0.3 is 10.4 Å². The number of nitrogens with zero attached hydrogens (tertiary/aromatic N) is 2. The van der Waals surface area contributed by atoms with Crippen molar-refractivity contribution >= 4 is 45.1 Å². The molecule has 0 spiro atoms. The van der Waals surface area contributed by atoms with Gasteiger partial charge in [0.2, 0.25) is 0 Å². The number of benzene rings is 1. The van der Waals surface area contributed by atoms with Crippen LogP contribution in [0.25, 0.3) is 21.3 Å². The number of hydrogen-bond donors (Lipinski definition) is 2. The maximum absolute atomic E-state index is 11.6. The summed E-state index contributed by atoms with van der Waals surface area (Å²) in [7, 11) is 0. The van der Waals surface area contributed by atoms with Crippen LogP contribution in [0, 0.1) is 6.92 Å². The first-order chi connectivity index (χ1) is 12.1. The van der Waals surface area contributed by atoms with Crippen molar-refractivity contribution < 1.29 is 9.90 Å². The number of hydrogen-bond acceptors (Lipinski definition) is 6. The van der Waals surface area contributed by atoms with Gasteiger partial charge in [-0.3, -0.25) is 0 Å². The molecule has 0 saturated heterocycles. The third-order valence-corrected chi connectivity index (χ3v) is 5.60. The van der Waals surface area contributed by atoms with Crippen molar-refractivity contribution in [3.05, 3.63) is 41.5 Å². The number of carboxylic acids is 1. The molecule has 1 aromatic carbocycles. The molecule has 2 aromatic heterocycles. The Balaban J connectivity index is 2.08. The van der Waals surface area contributed by atoms with Crippen LogP contribution < -0.4 is 5.32 Å². The second-order valence-electron chi connectivity index (χ2n) is 5.62. The second-order valence-corrected chi connectivity index (χ2v) is 7.81. The summed E-state index contributed by atoms with van der Waals surface area (Å²) >= 11 is 3.23. The summed E-state index contributed by atoms with van der Waals surface area (Å²) in [4.78, 5) is 22.3. The summed E-state index contributed by atoms with van der Waals surface area (Å²) in [6.07, 6.45) is 3.99. The van der Waals surface area contributed by atoms with Gasteiger partial charge >= 0.3 is 5.97 Å². The van der Waals surface area contributed by atoms with Gasteiger partial charge in [0, 0.05) is 10.4 Å². The van der Waals surface area contributed by atoms with Gasteiger partial charge in [0.1, 0.15) is 23.0 Å². The molecule has 1 unspecified atom stereocenters. The van der Waals surface area contributed by atoms with E-state index in [4.69, 9.17) is 0 Å². The summed E-state index contributed by atoms with van der Waals surface area (Å²) in [6, 6.07) is 9.39. The summed E-state index contributed by atoms with van der Waals surface area (Å²) in [5.74, 6) is 0.489. The van der Waals surface area contributed by atoms with Crippen LogP contribution in [0.4, 0.5) is 5.82 Å². The first kappa shape index (κ1) is 17.7. The van der Waals surface area contributed by atoms with Gasteiger partial charge in [0.05, 0.1) is 5.39 Å². The van der Waals surface area contributed by atoms with Crippen LogP contribution >= 0.6 is 23.1 Å². The molecule has 2 heterocycles. The first-order valence-corrected chi connectivity index (χ1v) is 10.1. The molecule has 2 N–H and O–H groups in total. The summed E-state index contributed by atoms with van der Waals surface area (Å²) in [5, 5.41) is 13.5. The van der Waals surface area contributed by atoms with Crippen molar-refractivity contribution in [2.45, 2.75) is 19.4 Å². The highest BCUT2D eigenvalue weighted by Crippen LogP contribution is 2.40. The minimum atomic E-state index is -0.867. The van der Waals surface area contributed by atoms with Crippen LogP contribution in [-0.2, 0) is 4.79 Å². The molecule has 130 valence electrons. The Morgan fingerprint density at radius 3 is 2.76 bits per heavy atom. The molecular formula is C18H19N3O2S2. The summed E-state index contributed by atoms with van der Waals surface area (Å²) in [6.45, 7) is 2.06. The molecule has 0 aliphatic heterocycles. The van der Waals surface area contributed by atoms with Gasteiger partial charge in [-0.15, -0.1) is 11.3 Å². The minimum absolute atomic E-state index is 0.534. The molecule has 0 saturated carbocycles. The molecular weight excluding hydrogens is 354 g/mol. The number of fused-ring (bicyclic) bond motifs is 1. The molecule has 25 heavy (non-hydrogen) atoms. The molecule has 0 aliphatic rings. The molecule has 1 atom stereocenters.